The maximum Gasteiger partial charge on any atom is 0.212 e. The first-order chi connectivity index (χ1) is 13.0. The van der Waals surface area contributed by atoms with Crippen molar-refractivity contribution in [2.45, 2.75) is 13.5 Å². The highest BCUT2D eigenvalue weighted by molar-refractivity contribution is 6.33. The first-order valence-electron chi connectivity index (χ1n) is 8.46. The Balaban J connectivity index is 1.78. The van der Waals surface area contributed by atoms with E-state index in [2.05, 4.69) is 26.7 Å². The lowest BCUT2D eigenvalue weighted by Crippen LogP contribution is -2.02. The summed E-state index contributed by atoms with van der Waals surface area (Å²) in [7, 11) is 1.61. The Morgan fingerprint density at radius 2 is 1.81 bits per heavy atom. The van der Waals surface area contributed by atoms with Crippen LogP contribution in [-0.2, 0) is 6.54 Å². The molecule has 136 valence electrons. The minimum absolute atomic E-state index is 0.594. The predicted octanol–water partition coefficient (Wildman–Crippen LogP) is 5.77. The van der Waals surface area contributed by atoms with Gasteiger partial charge in [-0.3, -0.25) is 0 Å². The minimum atomic E-state index is 0.594. The Morgan fingerprint density at radius 3 is 2.56 bits per heavy atom. The van der Waals surface area contributed by atoms with Gasteiger partial charge in [0, 0.05) is 27.9 Å². The fraction of sp³-hybridized carbons (Fsp3) is 0.143. The van der Waals surface area contributed by atoms with Crippen molar-refractivity contribution in [3.63, 3.8) is 0 Å². The van der Waals surface area contributed by atoms with Crippen molar-refractivity contribution >= 4 is 34.2 Å². The number of fused-ring (bicyclic) bond motifs is 1. The molecule has 4 nitrogen and oxygen atoms in total. The molecule has 0 saturated heterocycles. The Labute approximate surface area is 167 Å². The summed E-state index contributed by atoms with van der Waals surface area (Å²) in [6.07, 6.45) is 1.81. The highest BCUT2D eigenvalue weighted by Crippen LogP contribution is 2.28. The van der Waals surface area contributed by atoms with Crippen LogP contribution < -0.4 is 4.74 Å². The molecule has 0 N–H and O–H groups in total. The molecule has 6 heteroatoms. The molecule has 0 aliphatic heterocycles. The monoisotopic (exact) mass is 397 g/mol. The van der Waals surface area contributed by atoms with E-state index in [4.69, 9.17) is 27.9 Å². The molecule has 4 rings (SSSR count). The lowest BCUT2D eigenvalue weighted by molar-refractivity contribution is 0.398. The average Bonchev–Trinajstić information content (AvgIpc) is 2.99. The molecule has 27 heavy (non-hydrogen) atoms. The minimum Gasteiger partial charge on any atom is -0.481 e. The van der Waals surface area contributed by atoms with Crippen molar-refractivity contribution in [1.82, 2.24) is 14.5 Å². The Hall–Kier alpha value is -2.56. The van der Waals surface area contributed by atoms with Gasteiger partial charge in [0.1, 0.15) is 5.82 Å². The third-order valence-corrected chi connectivity index (χ3v) is 5.16. The molecule has 0 unspecified atom stereocenters. The molecule has 0 aliphatic rings. The maximum absolute atomic E-state index is 6.36. The zero-order chi connectivity index (χ0) is 19.0. The summed E-state index contributed by atoms with van der Waals surface area (Å²) in [6, 6.07) is 15.6. The normalized spacial score (nSPS) is 11.1. The Bertz CT molecular complexity index is 1120. The molecule has 2 aromatic heterocycles. The number of ether oxygens (including phenoxy) is 1. The summed E-state index contributed by atoms with van der Waals surface area (Å²) >= 11 is 12.5. The van der Waals surface area contributed by atoms with Crippen LogP contribution in [-0.4, -0.2) is 21.6 Å². The van der Waals surface area contributed by atoms with Gasteiger partial charge in [-0.25, -0.2) is 9.97 Å². The van der Waals surface area contributed by atoms with Crippen LogP contribution in [0.25, 0.3) is 22.2 Å². The molecule has 0 bridgehead atoms. The van der Waals surface area contributed by atoms with Crippen LogP contribution in [0, 0.1) is 6.92 Å². The topological polar surface area (TPSA) is 39.9 Å². The lowest BCUT2D eigenvalue weighted by atomic mass is 10.1. The second kappa shape index (κ2) is 7.22. The summed E-state index contributed by atoms with van der Waals surface area (Å²) in [5.74, 6) is 1.52. The van der Waals surface area contributed by atoms with Gasteiger partial charge in [0.25, 0.3) is 0 Å². The van der Waals surface area contributed by atoms with Crippen molar-refractivity contribution in [2.75, 3.05) is 7.11 Å². The third kappa shape index (κ3) is 3.51. The zero-order valence-corrected chi connectivity index (χ0v) is 16.4. The van der Waals surface area contributed by atoms with Gasteiger partial charge in [0.15, 0.2) is 0 Å². The van der Waals surface area contributed by atoms with E-state index in [1.165, 1.54) is 0 Å². The number of hydrogen-bond donors (Lipinski definition) is 0. The summed E-state index contributed by atoms with van der Waals surface area (Å²) in [4.78, 5) is 8.97. The largest absolute Gasteiger partial charge is 0.481 e. The average molecular weight is 398 g/mol. The van der Waals surface area contributed by atoms with Crippen LogP contribution in [0.2, 0.25) is 10.0 Å². The van der Waals surface area contributed by atoms with E-state index < -0.39 is 0 Å². The maximum atomic E-state index is 6.36. The number of rotatable bonds is 4. The number of aryl methyl sites for hydroxylation is 1. The number of halogens is 2. The van der Waals surface area contributed by atoms with Gasteiger partial charge >= 0.3 is 0 Å². The smallest absolute Gasteiger partial charge is 0.212 e. The zero-order valence-electron chi connectivity index (χ0n) is 14.9. The van der Waals surface area contributed by atoms with Gasteiger partial charge in [-0.1, -0.05) is 29.3 Å². The molecule has 0 atom stereocenters. The van der Waals surface area contributed by atoms with Gasteiger partial charge in [0.05, 0.1) is 24.7 Å². The van der Waals surface area contributed by atoms with E-state index in [9.17, 15) is 0 Å². The van der Waals surface area contributed by atoms with Crippen LogP contribution in [0.15, 0.2) is 54.7 Å². The molecule has 0 saturated carbocycles. The number of imidazole rings is 1. The molecule has 0 radical (unpaired) electrons. The fourth-order valence-electron chi connectivity index (χ4n) is 3.13. The summed E-state index contributed by atoms with van der Waals surface area (Å²) < 4.78 is 7.28. The quantitative estimate of drug-likeness (QED) is 0.438. The van der Waals surface area contributed by atoms with Crippen molar-refractivity contribution in [2.24, 2.45) is 0 Å². The van der Waals surface area contributed by atoms with Crippen molar-refractivity contribution in [3.05, 3.63) is 76.2 Å². The number of methoxy groups -OCH3 is 1. The van der Waals surface area contributed by atoms with Gasteiger partial charge in [0.2, 0.25) is 5.88 Å². The first-order valence-corrected chi connectivity index (χ1v) is 9.22. The van der Waals surface area contributed by atoms with E-state index in [1.807, 2.05) is 37.3 Å². The summed E-state index contributed by atoms with van der Waals surface area (Å²) in [5.41, 5.74) is 5.02. The molecule has 0 amide bonds. The lowest BCUT2D eigenvalue weighted by Gasteiger charge is -2.10. The van der Waals surface area contributed by atoms with E-state index in [0.717, 1.165) is 33.5 Å². The SMILES string of the molecule is COc1ccc(-c2ccc3nc(C)n(Cc4cc(Cl)ccc4Cl)c3c2)cn1. The second-order valence-electron chi connectivity index (χ2n) is 6.27. The van der Waals surface area contributed by atoms with Gasteiger partial charge in [-0.05, 0) is 54.4 Å². The summed E-state index contributed by atoms with van der Waals surface area (Å²) in [6.45, 7) is 2.60. The van der Waals surface area contributed by atoms with Crippen LogP contribution >= 0.6 is 23.2 Å². The summed E-state index contributed by atoms with van der Waals surface area (Å²) in [5, 5.41) is 1.36. The molecule has 0 aliphatic carbocycles. The number of benzene rings is 2. The van der Waals surface area contributed by atoms with Gasteiger partial charge in [-0.15, -0.1) is 0 Å². The van der Waals surface area contributed by atoms with E-state index >= 15 is 0 Å². The Kier molecular flexibility index (Phi) is 4.77. The second-order valence-corrected chi connectivity index (χ2v) is 7.12. The van der Waals surface area contributed by atoms with E-state index in [-0.39, 0.29) is 0 Å². The van der Waals surface area contributed by atoms with Crippen molar-refractivity contribution in [1.29, 1.82) is 0 Å². The van der Waals surface area contributed by atoms with Gasteiger partial charge < -0.3 is 9.30 Å². The predicted molar refractivity (Wildman–Crippen MR) is 110 cm³/mol. The Morgan fingerprint density at radius 1 is 1.00 bits per heavy atom. The first kappa shape index (κ1) is 17.8. The number of hydrogen-bond acceptors (Lipinski definition) is 3. The highest BCUT2D eigenvalue weighted by Gasteiger charge is 2.12. The number of nitrogens with zero attached hydrogens (tertiary/aromatic N) is 3. The fourth-order valence-corrected chi connectivity index (χ4v) is 3.50. The van der Waals surface area contributed by atoms with Gasteiger partial charge in [-0.2, -0.15) is 0 Å². The van der Waals surface area contributed by atoms with E-state index in [1.54, 1.807) is 19.4 Å². The number of aromatic nitrogens is 3. The van der Waals surface area contributed by atoms with Crippen molar-refractivity contribution in [3.8, 4) is 17.0 Å². The van der Waals surface area contributed by atoms with Crippen molar-refractivity contribution < 1.29 is 4.74 Å². The molecule has 2 heterocycles. The standard InChI is InChI=1S/C21H17Cl2N3O/c1-13-25-19-7-3-14(15-4-8-21(27-2)24-11-15)10-20(19)26(13)12-16-9-17(22)5-6-18(16)23/h3-11H,12H2,1-2H3. The molecule has 2 aromatic carbocycles. The molecular weight excluding hydrogens is 381 g/mol. The third-order valence-electron chi connectivity index (χ3n) is 4.55. The van der Waals surface area contributed by atoms with Crippen LogP contribution in [0.3, 0.4) is 0 Å². The number of pyridine rings is 1. The molecule has 0 fully saturated rings. The van der Waals surface area contributed by atoms with E-state index in [0.29, 0.717) is 22.5 Å². The molecule has 0 spiro atoms. The highest BCUT2D eigenvalue weighted by atomic mass is 35.5. The van der Waals surface area contributed by atoms with Crippen LogP contribution in [0.1, 0.15) is 11.4 Å². The molecule has 4 aromatic rings. The van der Waals surface area contributed by atoms with Crippen LogP contribution in [0.5, 0.6) is 5.88 Å². The van der Waals surface area contributed by atoms with Crippen LogP contribution in [0.4, 0.5) is 0 Å². The molecular formula is C21H17Cl2N3O.